The van der Waals surface area contributed by atoms with Gasteiger partial charge in [-0.15, -0.1) is 0 Å². The molecule has 0 atom stereocenters. The van der Waals surface area contributed by atoms with Gasteiger partial charge in [-0.3, -0.25) is 9.67 Å². The van der Waals surface area contributed by atoms with E-state index in [2.05, 4.69) is 14.8 Å². The Morgan fingerprint density at radius 2 is 1.92 bits per heavy atom. The first-order valence-electron chi connectivity index (χ1n) is 7.69. The molecule has 3 rings (SSSR count). The molecule has 6 nitrogen and oxygen atoms in total. The van der Waals surface area contributed by atoms with Crippen molar-refractivity contribution in [1.82, 2.24) is 19.5 Å². The third-order valence-corrected chi connectivity index (χ3v) is 4.58. The Morgan fingerprint density at radius 3 is 2.56 bits per heavy atom. The van der Waals surface area contributed by atoms with Crippen LogP contribution in [0.2, 0.25) is 0 Å². The second-order valence-corrected chi connectivity index (χ2v) is 7.18. The van der Waals surface area contributed by atoms with Crippen molar-refractivity contribution in [3.8, 4) is 11.3 Å². The van der Waals surface area contributed by atoms with Gasteiger partial charge in [0.15, 0.2) is 0 Å². The highest BCUT2D eigenvalue weighted by molar-refractivity contribution is 7.92. The molecule has 0 aliphatic rings. The lowest BCUT2D eigenvalue weighted by molar-refractivity contribution is 0.590. The van der Waals surface area contributed by atoms with Crippen LogP contribution in [0.25, 0.3) is 17.3 Å². The van der Waals surface area contributed by atoms with Gasteiger partial charge in [0, 0.05) is 37.0 Å². The van der Waals surface area contributed by atoms with Crippen LogP contribution in [-0.4, -0.2) is 23.2 Å². The standard InChI is InChI=1S/C18H18N4O2S/c1-22-14-17(13-20-22)18-8-7-16(11-19-18)12-21-25(23,24)10-9-15-5-3-2-4-6-15/h2-11,13-14,21H,12H2,1H3/b10-9+. The minimum atomic E-state index is -3.51. The van der Waals surface area contributed by atoms with E-state index in [0.717, 1.165) is 22.4 Å². The Hall–Kier alpha value is -2.77. The lowest BCUT2D eigenvalue weighted by Gasteiger charge is -2.04. The van der Waals surface area contributed by atoms with Crippen LogP contribution < -0.4 is 4.72 Å². The molecule has 7 heteroatoms. The van der Waals surface area contributed by atoms with Crippen LogP contribution in [0.4, 0.5) is 0 Å². The lowest BCUT2D eigenvalue weighted by Crippen LogP contribution is -2.20. The second-order valence-electron chi connectivity index (χ2n) is 5.53. The molecule has 0 bridgehead atoms. The summed E-state index contributed by atoms with van der Waals surface area (Å²) in [5.41, 5.74) is 3.32. The highest BCUT2D eigenvalue weighted by atomic mass is 32.2. The van der Waals surface area contributed by atoms with E-state index in [1.165, 1.54) is 5.41 Å². The fourth-order valence-corrected chi connectivity index (χ4v) is 3.02. The quantitative estimate of drug-likeness (QED) is 0.738. The van der Waals surface area contributed by atoms with Gasteiger partial charge >= 0.3 is 0 Å². The Balaban J connectivity index is 1.62. The first-order chi connectivity index (χ1) is 12.0. The van der Waals surface area contributed by atoms with E-state index in [9.17, 15) is 8.42 Å². The topological polar surface area (TPSA) is 76.9 Å². The van der Waals surface area contributed by atoms with E-state index < -0.39 is 10.0 Å². The molecule has 1 aromatic carbocycles. The number of hydrogen-bond acceptors (Lipinski definition) is 4. The predicted octanol–water partition coefficient (Wildman–Crippen LogP) is 2.57. The van der Waals surface area contributed by atoms with Gasteiger partial charge in [-0.1, -0.05) is 36.4 Å². The zero-order chi connectivity index (χ0) is 17.7. The number of sulfonamides is 1. The number of nitrogens with zero attached hydrogens (tertiary/aromatic N) is 3. The maximum atomic E-state index is 12.0. The van der Waals surface area contributed by atoms with Gasteiger partial charge in [0.1, 0.15) is 0 Å². The van der Waals surface area contributed by atoms with Crippen molar-refractivity contribution in [3.63, 3.8) is 0 Å². The highest BCUT2D eigenvalue weighted by Gasteiger charge is 2.06. The van der Waals surface area contributed by atoms with Gasteiger partial charge in [-0.25, -0.2) is 13.1 Å². The summed E-state index contributed by atoms with van der Waals surface area (Å²) in [6.45, 7) is 0.182. The predicted molar refractivity (Wildman–Crippen MR) is 97.7 cm³/mol. The Bertz CT molecular complexity index is 962. The summed E-state index contributed by atoms with van der Waals surface area (Å²) in [5.74, 6) is 0. The third-order valence-electron chi connectivity index (χ3n) is 3.54. The van der Waals surface area contributed by atoms with Crippen molar-refractivity contribution in [2.75, 3.05) is 0 Å². The molecule has 0 aliphatic heterocycles. The summed E-state index contributed by atoms with van der Waals surface area (Å²) in [4.78, 5) is 4.35. The molecule has 2 aromatic heterocycles. The van der Waals surface area contributed by atoms with Crippen LogP contribution in [0.5, 0.6) is 0 Å². The van der Waals surface area contributed by atoms with E-state index in [-0.39, 0.29) is 6.54 Å². The van der Waals surface area contributed by atoms with Crippen LogP contribution in [-0.2, 0) is 23.6 Å². The maximum Gasteiger partial charge on any atom is 0.234 e. The molecular weight excluding hydrogens is 336 g/mol. The fourth-order valence-electron chi connectivity index (χ4n) is 2.22. The zero-order valence-corrected chi connectivity index (χ0v) is 14.5. The molecule has 1 N–H and O–H groups in total. The number of aromatic nitrogens is 3. The first-order valence-corrected chi connectivity index (χ1v) is 9.23. The van der Waals surface area contributed by atoms with E-state index in [4.69, 9.17) is 0 Å². The molecule has 0 unspecified atom stereocenters. The minimum absolute atomic E-state index is 0.182. The summed E-state index contributed by atoms with van der Waals surface area (Å²) >= 11 is 0. The van der Waals surface area contributed by atoms with Crippen molar-refractivity contribution in [1.29, 1.82) is 0 Å². The molecular formula is C18H18N4O2S. The smallest absolute Gasteiger partial charge is 0.234 e. The van der Waals surface area contributed by atoms with E-state index in [0.29, 0.717) is 0 Å². The maximum absolute atomic E-state index is 12.0. The zero-order valence-electron chi connectivity index (χ0n) is 13.7. The molecule has 128 valence electrons. The molecule has 25 heavy (non-hydrogen) atoms. The minimum Gasteiger partial charge on any atom is -0.275 e. The van der Waals surface area contributed by atoms with Crippen LogP contribution in [0, 0.1) is 0 Å². The van der Waals surface area contributed by atoms with Gasteiger partial charge in [0.25, 0.3) is 0 Å². The van der Waals surface area contributed by atoms with Gasteiger partial charge < -0.3 is 0 Å². The Morgan fingerprint density at radius 1 is 1.12 bits per heavy atom. The van der Waals surface area contributed by atoms with Gasteiger partial charge in [0.05, 0.1) is 11.9 Å². The van der Waals surface area contributed by atoms with Crippen molar-refractivity contribution >= 4 is 16.1 Å². The number of aryl methyl sites for hydroxylation is 1. The first kappa shape index (κ1) is 17.1. The van der Waals surface area contributed by atoms with Crippen LogP contribution in [0.1, 0.15) is 11.1 Å². The second kappa shape index (κ2) is 7.42. The van der Waals surface area contributed by atoms with Crippen molar-refractivity contribution in [2.45, 2.75) is 6.54 Å². The summed E-state index contributed by atoms with van der Waals surface area (Å²) in [5, 5.41) is 5.27. The molecule has 0 fully saturated rings. The fraction of sp³-hybridized carbons (Fsp3) is 0.111. The number of rotatable bonds is 6. The van der Waals surface area contributed by atoms with Crippen molar-refractivity contribution in [3.05, 3.63) is 77.6 Å². The average molecular weight is 354 g/mol. The number of hydrogen-bond donors (Lipinski definition) is 1. The average Bonchev–Trinajstić information content (AvgIpc) is 3.06. The summed E-state index contributed by atoms with van der Waals surface area (Å²) < 4.78 is 28.3. The SMILES string of the molecule is Cn1cc(-c2ccc(CNS(=O)(=O)/C=C/c3ccccc3)cn2)cn1. The number of pyridine rings is 1. The third kappa shape index (κ3) is 4.85. The number of nitrogens with one attached hydrogen (secondary N) is 1. The number of benzene rings is 1. The van der Waals surface area contributed by atoms with Gasteiger partial charge in [-0.2, -0.15) is 5.10 Å². The van der Waals surface area contributed by atoms with E-state index >= 15 is 0 Å². The summed E-state index contributed by atoms with van der Waals surface area (Å²) in [6, 6.07) is 13.0. The Kier molecular flexibility index (Phi) is 5.06. The van der Waals surface area contributed by atoms with Crippen LogP contribution in [0.3, 0.4) is 0 Å². The van der Waals surface area contributed by atoms with Crippen LogP contribution in [0.15, 0.2) is 66.5 Å². The molecule has 0 aliphatic carbocycles. The molecule has 0 amide bonds. The molecule has 0 saturated heterocycles. The highest BCUT2D eigenvalue weighted by Crippen LogP contribution is 2.15. The normalized spacial score (nSPS) is 11.9. The van der Waals surface area contributed by atoms with Crippen LogP contribution >= 0.6 is 0 Å². The molecule has 0 spiro atoms. The molecule has 0 saturated carbocycles. The molecule has 0 radical (unpaired) electrons. The van der Waals surface area contributed by atoms with Crippen molar-refractivity contribution < 1.29 is 8.42 Å². The summed E-state index contributed by atoms with van der Waals surface area (Å²) in [6.07, 6.45) is 6.83. The summed E-state index contributed by atoms with van der Waals surface area (Å²) in [7, 11) is -1.67. The lowest BCUT2D eigenvalue weighted by atomic mass is 10.2. The monoisotopic (exact) mass is 354 g/mol. The van der Waals surface area contributed by atoms with Crippen molar-refractivity contribution in [2.24, 2.45) is 7.05 Å². The molecule has 3 aromatic rings. The Labute approximate surface area is 146 Å². The van der Waals surface area contributed by atoms with E-state index in [1.54, 1.807) is 23.2 Å². The van der Waals surface area contributed by atoms with Gasteiger partial charge in [0.2, 0.25) is 10.0 Å². The largest absolute Gasteiger partial charge is 0.275 e. The van der Waals surface area contributed by atoms with Gasteiger partial charge in [-0.05, 0) is 23.3 Å². The molecule has 2 heterocycles. The van der Waals surface area contributed by atoms with E-state index in [1.807, 2.05) is 55.7 Å².